The van der Waals surface area contributed by atoms with Crippen molar-refractivity contribution in [1.82, 2.24) is 0 Å². The fourth-order valence-electron chi connectivity index (χ4n) is 4.01. The van der Waals surface area contributed by atoms with E-state index in [1.54, 1.807) is 0 Å². The normalized spacial score (nSPS) is 18.0. The van der Waals surface area contributed by atoms with Gasteiger partial charge in [0.25, 0.3) is 0 Å². The van der Waals surface area contributed by atoms with Crippen molar-refractivity contribution in [1.29, 1.82) is 0 Å². The molecule has 0 spiro atoms. The summed E-state index contributed by atoms with van der Waals surface area (Å²) in [5, 5.41) is 0. The van der Waals surface area contributed by atoms with E-state index in [1.165, 1.54) is 19.3 Å². The smallest absolute Gasteiger partial charge is 0.0792 e. The van der Waals surface area contributed by atoms with Crippen LogP contribution >= 0.6 is 0 Å². The van der Waals surface area contributed by atoms with E-state index in [0.717, 1.165) is 5.56 Å². The minimum absolute atomic E-state index is 0.677. The second-order valence-corrected chi connectivity index (χ2v) is 6.87. The van der Waals surface area contributed by atoms with Gasteiger partial charge >= 0.3 is 0 Å². The van der Waals surface area contributed by atoms with Crippen molar-refractivity contribution in [3.63, 3.8) is 0 Å². The van der Waals surface area contributed by atoms with Crippen LogP contribution < -0.4 is 0 Å². The largest absolute Gasteiger partial charge is 0.309 e. The van der Waals surface area contributed by atoms with Crippen LogP contribution in [0.15, 0.2) is 30.3 Å². The molecule has 0 saturated carbocycles. The molecule has 0 saturated heterocycles. The highest BCUT2D eigenvalue weighted by Crippen LogP contribution is 2.45. The van der Waals surface area contributed by atoms with Crippen LogP contribution in [0.1, 0.15) is 66.4 Å². The van der Waals surface area contributed by atoms with Crippen molar-refractivity contribution in [3.05, 3.63) is 35.9 Å². The summed E-state index contributed by atoms with van der Waals surface area (Å²) in [5.74, 6) is 9.38. The standard InChI is InChI=1S/C20H32B/c1-7-17(4)21(18(5)8-2,19(6)9-3)16-15-20-13-11-10-12-14-20/h10-14,17-19H,7-9H2,1-6H3/q-1. The number of rotatable bonds is 6. The topological polar surface area (TPSA) is 0 Å². The highest BCUT2D eigenvalue weighted by molar-refractivity contribution is 6.90. The van der Waals surface area contributed by atoms with Crippen molar-refractivity contribution < 1.29 is 0 Å². The van der Waals surface area contributed by atoms with Gasteiger partial charge in [-0.15, -0.1) is 5.92 Å². The van der Waals surface area contributed by atoms with Gasteiger partial charge in [0.05, 0.1) is 6.15 Å². The lowest BCUT2D eigenvalue weighted by molar-refractivity contribution is 0.702. The van der Waals surface area contributed by atoms with Crippen LogP contribution in [0.25, 0.3) is 0 Å². The third-order valence-corrected chi connectivity index (χ3v) is 6.00. The summed E-state index contributed by atoms with van der Waals surface area (Å²) in [4.78, 5) is 0. The molecule has 1 aromatic rings. The first kappa shape index (κ1) is 17.9. The lowest BCUT2D eigenvalue weighted by Gasteiger charge is -2.50. The summed E-state index contributed by atoms with van der Waals surface area (Å²) < 4.78 is 0. The zero-order valence-corrected chi connectivity index (χ0v) is 14.8. The van der Waals surface area contributed by atoms with Gasteiger partial charge in [0.2, 0.25) is 0 Å². The summed E-state index contributed by atoms with van der Waals surface area (Å²) in [7, 11) is 0. The Morgan fingerprint density at radius 2 is 1.24 bits per heavy atom. The molecule has 1 heteroatoms. The quantitative estimate of drug-likeness (QED) is 0.417. The van der Waals surface area contributed by atoms with Gasteiger partial charge in [0.1, 0.15) is 0 Å². The van der Waals surface area contributed by atoms with Crippen molar-refractivity contribution in [2.75, 3.05) is 0 Å². The highest BCUT2D eigenvalue weighted by Gasteiger charge is 2.36. The molecule has 0 nitrogen and oxygen atoms in total. The highest BCUT2D eigenvalue weighted by atomic mass is 14.2. The van der Waals surface area contributed by atoms with Crippen LogP contribution in [0.4, 0.5) is 0 Å². The Morgan fingerprint density at radius 3 is 1.62 bits per heavy atom. The summed E-state index contributed by atoms with van der Waals surface area (Å²) in [6.07, 6.45) is 2.98. The van der Waals surface area contributed by atoms with Crippen molar-refractivity contribution in [3.8, 4) is 11.7 Å². The molecule has 0 fully saturated rings. The first-order valence-corrected chi connectivity index (χ1v) is 8.78. The number of hydrogen-bond acceptors (Lipinski definition) is 0. The van der Waals surface area contributed by atoms with Crippen LogP contribution in [-0.4, -0.2) is 6.15 Å². The van der Waals surface area contributed by atoms with Gasteiger partial charge in [-0.05, 0) is 12.1 Å². The molecule has 0 bridgehead atoms. The molecule has 3 atom stereocenters. The molecule has 1 aromatic carbocycles. The Kier molecular flexibility index (Phi) is 7.10. The molecule has 0 heterocycles. The Morgan fingerprint density at radius 1 is 0.810 bits per heavy atom. The van der Waals surface area contributed by atoms with E-state index in [9.17, 15) is 0 Å². The molecule has 3 unspecified atom stereocenters. The molecule has 116 valence electrons. The van der Waals surface area contributed by atoms with Gasteiger partial charge in [-0.3, -0.25) is 0 Å². The van der Waals surface area contributed by atoms with E-state index in [1.807, 2.05) is 0 Å². The van der Waals surface area contributed by atoms with Crippen LogP contribution in [0.5, 0.6) is 0 Å². The summed E-state index contributed by atoms with van der Waals surface area (Å²) >= 11 is 0. The molecule has 0 aliphatic rings. The minimum atomic E-state index is -0.677. The molecule has 21 heavy (non-hydrogen) atoms. The van der Waals surface area contributed by atoms with E-state index in [4.69, 9.17) is 0 Å². The predicted molar refractivity (Wildman–Crippen MR) is 98.2 cm³/mol. The lowest BCUT2D eigenvalue weighted by Crippen LogP contribution is -2.45. The molecule has 0 aromatic heterocycles. The molecular weight excluding hydrogens is 251 g/mol. The molecule has 0 aliphatic heterocycles. The van der Waals surface area contributed by atoms with Crippen LogP contribution in [0, 0.1) is 11.7 Å². The Bertz CT molecular complexity index is 439. The SMILES string of the molecule is CCC(C)[B-](C#Cc1ccccc1)(C(C)CC)C(C)CC. The van der Waals surface area contributed by atoms with E-state index < -0.39 is 6.15 Å². The molecular formula is C20H32B-. The van der Waals surface area contributed by atoms with Gasteiger partial charge < -0.3 is 5.82 Å². The van der Waals surface area contributed by atoms with E-state index >= 15 is 0 Å². The molecule has 1 rings (SSSR count). The van der Waals surface area contributed by atoms with Gasteiger partial charge in [-0.25, -0.2) is 0 Å². The lowest BCUT2D eigenvalue weighted by atomic mass is 9.09. The Labute approximate surface area is 132 Å². The van der Waals surface area contributed by atoms with Crippen molar-refractivity contribution in [2.24, 2.45) is 0 Å². The van der Waals surface area contributed by atoms with Crippen LogP contribution in [-0.2, 0) is 0 Å². The van der Waals surface area contributed by atoms with Crippen LogP contribution in [0.3, 0.4) is 0 Å². The summed E-state index contributed by atoms with van der Waals surface area (Å²) in [5.41, 5.74) is 1.15. The van der Waals surface area contributed by atoms with Crippen molar-refractivity contribution in [2.45, 2.75) is 78.3 Å². The molecule has 0 aliphatic carbocycles. The fraction of sp³-hybridized carbons (Fsp3) is 0.600. The summed E-state index contributed by atoms with van der Waals surface area (Å²) in [6.45, 7) is 14.2. The number of benzene rings is 1. The maximum absolute atomic E-state index is 3.81. The Hall–Kier alpha value is -1.16. The summed E-state index contributed by atoms with van der Waals surface area (Å²) in [6, 6.07) is 10.5. The molecule has 0 radical (unpaired) electrons. The van der Waals surface area contributed by atoms with Crippen LogP contribution in [0.2, 0.25) is 17.5 Å². The second-order valence-electron chi connectivity index (χ2n) is 6.87. The zero-order valence-electron chi connectivity index (χ0n) is 14.8. The molecule has 0 amide bonds. The average molecular weight is 283 g/mol. The predicted octanol–water partition coefficient (Wildman–Crippen LogP) is 6.43. The van der Waals surface area contributed by atoms with E-state index in [-0.39, 0.29) is 0 Å². The number of hydrogen-bond donors (Lipinski definition) is 0. The van der Waals surface area contributed by atoms with E-state index in [0.29, 0.717) is 17.5 Å². The fourth-order valence-corrected chi connectivity index (χ4v) is 4.01. The molecule has 0 N–H and O–H groups in total. The van der Waals surface area contributed by atoms with Crippen molar-refractivity contribution >= 4 is 6.15 Å². The van der Waals surface area contributed by atoms with Gasteiger partial charge in [0.15, 0.2) is 0 Å². The second kappa shape index (κ2) is 8.33. The monoisotopic (exact) mass is 283 g/mol. The minimum Gasteiger partial charge on any atom is -0.309 e. The van der Waals surface area contributed by atoms with Gasteiger partial charge in [-0.2, -0.15) is 17.5 Å². The van der Waals surface area contributed by atoms with E-state index in [2.05, 4.69) is 83.6 Å². The first-order valence-electron chi connectivity index (χ1n) is 8.78. The maximum atomic E-state index is 3.81. The average Bonchev–Trinajstić information content (AvgIpc) is 2.54. The maximum Gasteiger partial charge on any atom is 0.0792 e. The van der Waals surface area contributed by atoms with Gasteiger partial charge in [-0.1, -0.05) is 79.0 Å². The third-order valence-electron chi connectivity index (χ3n) is 6.00. The first-order chi connectivity index (χ1) is 10.0. The Balaban J connectivity index is 3.32. The zero-order chi connectivity index (χ0) is 15.9. The third kappa shape index (κ3) is 3.94. The van der Waals surface area contributed by atoms with Gasteiger partial charge in [0, 0.05) is 5.56 Å².